The molecule has 2 heterocycles. The average Bonchev–Trinajstić information content (AvgIpc) is 2.81. The maximum atomic E-state index is 13.2. The van der Waals surface area contributed by atoms with Crippen molar-refractivity contribution in [3.63, 3.8) is 0 Å². The second-order valence-corrected chi connectivity index (χ2v) is 4.08. The predicted octanol–water partition coefficient (Wildman–Crippen LogP) is 1.48. The molecule has 0 saturated carbocycles. The third-order valence-corrected chi connectivity index (χ3v) is 2.71. The van der Waals surface area contributed by atoms with Gasteiger partial charge < -0.3 is 0 Å². The van der Waals surface area contributed by atoms with Gasteiger partial charge in [0.1, 0.15) is 11.5 Å². The molecule has 0 bridgehead atoms. The van der Waals surface area contributed by atoms with Crippen molar-refractivity contribution in [1.29, 1.82) is 0 Å². The van der Waals surface area contributed by atoms with E-state index in [1.54, 1.807) is 12.1 Å². The molecule has 3 aromatic rings. The highest BCUT2D eigenvalue weighted by Crippen LogP contribution is 2.13. The average molecular weight is 272 g/mol. The number of hydrogen-bond donors (Lipinski definition) is 0. The molecular weight excluding hydrogens is 263 g/mol. The Morgan fingerprint density at radius 3 is 2.95 bits per heavy atom. The minimum Gasteiger partial charge on any atom is -0.295 e. The van der Waals surface area contributed by atoms with Gasteiger partial charge in [-0.25, -0.2) is 14.2 Å². The van der Waals surface area contributed by atoms with Gasteiger partial charge in [-0.3, -0.25) is 14.1 Å². The fraction of sp³-hybridized carbons (Fsp3) is 0.0769. The van der Waals surface area contributed by atoms with E-state index in [1.807, 2.05) is 0 Å². The van der Waals surface area contributed by atoms with Crippen LogP contribution in [0.2, 0.25) is 0 Å². The normalized spacial score (nSPS) is 10.7. The van der Waals surface area contributed by atoms with Crippen LogP contribution >= 0.6 is 0 Å². The Hall–Kier alpha value is -2.83. The Labute approximate surface area is 112 Å². The van der Waals surface area contributed by atoms with E-state index in [0.717, 1.165) is 0 Å². The van der Waals surface area contributed by atoms with Gasteiger partial charge in [0, 0.05) is 12.4 Å². The van der Waals surface area contributed by atoms with Gasteiger partial charge in [0.05, 0.1) is 12.7 Å². The SMILES string of the molecule is O=c1onc(-c2cnccn2)n1Cc1cccc(F)c1. The lowest BCUT2D eigenvalue weighted by Crippen LogP contribution is -2.16. The van der Waals surface area contributed by atoms with Crippen LogP contribution in [-0.4, -0.2) is 19.7 Å². The van der Waals surface area contributed by atoms with Gasteiger partial charge in [0.2, 0.25) is 5.82 Å². The largest absolute Gasteiger partial charge is 0.442 e. The monoisotopic (exact) mass is 272 g/mol. The third kappa shape index (κ3) is 2.33. The summed E-state index contributed by atoms with van der Waals surface area (Å²) in [7, 11) is 0. The lowest BCUT2D eigenvalue weighted by molar-refractivity contribution is 0.378. The van der Waals surface area contributed by atoms with Crippen molar-refractivity contribution < 1.29 is 8.91 Å². The Morgan fingerprint density at radius 1 is 1.30 bits per heavy atom. The van der Waals surface area contributed by atoms with Crippen molar-refractivity contribution >= 4 is 0 Å². The molecule has 0 N–H and O–H groups in total. The summed E-state index contributed by atoms with van der Waals surface area (Å²) in [6.07, 6.45) is 4.47. The van der Waals surface area contributed by atoms with Crippen LogP contribution < -0.4 is 5.76 Å². The lowest BCUT2D eigenvalue weighted by Gasteiger charge is -2.04. The molecule has 100 valence electrons. The Bertz CT molecular complexity index is 782. The molecular formula is C13H9FN4O2. The topological polar surface area (TPSA) is 73.8 Å². The summed E-state index contributed by atoms with van der Waals surface area (Å²) in [6, 6.07) is 5.97. The second kappa shape index (κ2) is 5.04. The standard InChI is InChI=1S/C13H9FN4O2/c14-10-3-1-2-9(6-10)8-18-12(17-20-13(18)19)11-7-15-4-5-16-11/h1-7H,8H2. The van der Waals surface area contributed by atoms with Crippen LogP contribution in [0.5, 0.6) is 0 Å². The minimum absolute atomic E-state index is 0.145. The van der Waals surface area contributed by atoms with Crippen LogP contribution in [0, 0.1) is 5.82 Å². The molecule has 3 rings (SSSR count). The number of nitrogens with zero attached hydrogens (tertiary/aromatic N) is 4. The van der Waals surface area contributed by atoms with Gasteiger partial charge in [-0.1, -0.05) is 17.3 Å². The molecule has 20 heavy (non-hydrogen) atoms. The van der Waals surface area contributed by atoms with E-state index in [1.165, 1.54) is 35.3 Å². The fourth-order valence-corrected chi connectivity index (χ4v) is 1.82. The van der Waals surface area contributed by atoms with Crippen molar-refractivity contribution in [1.82, 2.24) is 19.7 Å². The zero-order valence-electron chi connectivity index (χ0n) is 10.2. The zero-order valence-corrected chi connectivity index (χ0v) is 10.2. The van der Waals surface area contributed by atoms with Crippen molar-refractivity contribution in [3.05, 3.63) is 64.8 Å². The van der Waals surface area contributed by atoms with E-state index in [0.29, 0.717) is 11.3 Å². The first-order chi connectivity index (χ1) is 9.74. The maximum Gasteiger partial charge on any atom is 0.442 e. The van der Waals surface area contributed by atoms with E-state index in [9.17, 15) is 9.18 Å². The van der Waals surface area contributed by atoms with Crippen molar-refractivity contribution in [3.8, 4) is 11.5 Å². The Balaban J connectivity index is 2.02. The summed E-state index contributed by atoms with van der Waals surface area (Å²) in [5.41, 5.74) is 1.04. The van der Waals surface area contributed by atoms with E-state index < -0.39 is 5.76 Å². The smallest absolute Gasteiger partial charge is 0.295 e. The van der Waals surface area contributed by atoms with Crippen LogP contribution in [0.15, 0.2) is 52.2 Å². The molecule has 0 amide bonds. The molecule has 6 nitrogen and oxygen atoms in total. The van der Waals surface area contributed by atoms with Gasteiger partial charge in [-0.15, -0.1) is 0 Å². The van der Waals surface area contributed by atoms with Crippen molar-refractivity contribution in [2.24, 2.45) is 0 Å². The van der Waals surface area contributed by atoms with E-state index in [-0.39, 0.29) is 18.2 Å². The molecule has 1 aromatic carbocycles. The van der Waals surface area contributed by atoms with E-state index in [2.05, 4.69) is 19.6 Å². The van der Waals surface area contributed by atoms with Gasteiger partial charge in [-0.05, 0) is 17.7 Å². The van der Waals surface area contributed by atoms with Crippen molar-refractivity contribution in [2.75, 3.05) is 0 Å². The number of hydrogen-bond acceptors (Lipinski definition) is 5. The summed E-state index contributed by atoms with van der Waals surface area (Å²) < 4.78 is 19.1. The molecule has 7 heteroatoms. The van der Waals surface area contributed by atoms with Gasteiger partial charge in [0.25, 0.3) is 0 Å². The van der Waals surface area contributed by atoms with Crippen LogP contribution in [0.1, 0.15) is 5.56 Å². The highest BCUT2D eigenvalue weighted by atomic mass is 19.1. The first kappa shape index (κ1) is 12.2. The van der Waals surface area contributed by atoms with Crippen molar-refractivity contribution in [2.45, 2.75) is 6.54 Å². The molecule has 0 aliphatic carbocycles. The first-order valence-corrected chi connectivity index (χ1v) is 5.81. The van der Waals surface area contributed by atoms with Crippen LogP contribution in [0.4, 0.5) is 4.39 Å². The lowest BCUT2D eigenvalue weighted by atomic mass is 10.2. The highest BCUT2D eigenvalue weighted by Gasteiger charge is 2.14. The molecule has 0 saturated heterocycles. The summed E-state index contributed by atoms with van der Waals surface area (Å²) in [5, 5.41) is 3.68. The van der Waals surface area contributed by atoms with Gasteiger partial charge in [-0.2, -0.15) is 0 Å². The Morgan fingerprint density at radius 2 is 2.20 bits per heavy atom. The predicted molar refractivity (Wildman–Crippen MR) is 67.3 cm³/mol. The number of aromatic nitrogens is 4. The van der Waals surface area contributed by atoms with Crippen LogP contribution in [-0.2, 0) is 6.54 Å². The molecule has 0 fully saturated rings. The minimum atomic E-state index is -0.630. The molecule has 0 unspecified atom stereocenters. The number of benzene rings is 1. The molecule has 0 aliphatic rings. The molecule has 0 spiro atoms. The molecule has 2 aromatic heterocycles. The van der Waals surface area contributed by atoms with Crippen LogP contribution in [0.3, 0.4) is 0 Å². The highest BCUT2D eigenvalue weighted by molar-refractivity contribution is 5.46. The molecule has 0 aliphatic heterocycles. The number of halogens is 1. The first-order valence-electron chi connectivity index (χ1n) is 5.81. The third-order valence-electron chi connectivity index (χ3n) is 2.71. The zero-order chi connectivity index (χ0) is 13.9. The Kier molecular flexibility index (Phi) is 3.08. The second-order valence-electron chi connectivity index (χ2n) is 4.08. The number of rotatable bonds is 3. The van der Waals surface area contributed by atoms with Gasteiger partial charge >= 0.3 is 5.76 Å². The van der Waals surface area contributed by atoms with Crippen LogP contribution in [0.25, 0.3) is 11.5 Å². The van der Waals surface area contributed by atoms with E-state index >= 15 is 0 Å². The summed E-state index contributed by atoms with van der Waals surface area (Å²) in [4.78, 5) is 19.7. The molecule has 0 radical (unpaired) electrons. The fourth-order valence-electron chi connectivity index (χ4n) is 1.82. The van der Waals surface area contributed by atoms with E-state index in [4.69, 9.17) is 0 Å². The maximum absolute atomic E-state index is 13.2. The van der Waals surface area contributed by atoms with Gasteiger partial charge in [0.15, 0.2) is 0 Å². The summed E-state index contributed by atoms with van der Waals surface area (Å²) in [6.45, 7) is 0.145. The summed E-state index contributed by atoms with van der Waals surface area (Å²) in [5.74, 6) is -0.740. The quantitative estimate of drug-likeness (QED) is 0.722. The molecule has 0 atom stereocenters. The summed E-state index contributed by atoms with van der Waals surface area (Å²) >= 11 is 0.